The quantitative estimate of drug-likeness (QED) is 0.787. The summed E-state index contributed by atoms with van der Waals surface area (Å²) in [6.45, 7) is 7.51. The maximum atomic E-state index is 5.82. The largest absolute Gasteiger partial charge is 0.376 e. The van der Waals surface area contributed by atoms with Crippen molar-refractivity contribution in [3.8, 4) is 0 Å². The highest BCUT2D eigenvalue weighted by Crippen LogP contribution is 2.36. The maximum absolute atomic E-state index is 5.82. The SMILES string of the molecule is CCNC(c1cccs1)C(CC)(CC)OC. The number of rotatable bonds is 7. The summed E-state index contributed by atoms with van der Waals surface area (Å²) >= 11 is 1.80. The summed E-state index contributed by atoms with van der Waals surface area (Å²) in [5.74, 6) is 0. The van der Waals surface area contributed by atoms with Gasteiger partial charge in [0, 0.05) is 12.0 Å². The van der Waals surface area contributed by atoms with Crippen molar-refractivity contribution in [3.63, 3.8) is 0 Å². The molecular weight excluding hydrogens is 218 g/mol. The van der Waals surface area contributed by atoms with E-state index in [-0.39, 0.29) is 5.60 Å². The minimum Gasteiger partial charge on any atom is -0.376 e. The van der Waals surface area contributed by atoms with Gasteiger partial charge in [-0.3, -0.25) is 0 Å². The molecule has 0 aliphatic heterocycles. The van der Waals surface area contributed by atoms with E-state index in [9.17, 15) is 0 Å². The number of methoxy groups -OCH3 is 1. The molecule has 0 aliphatic rings. The summed E-state index contributed by atoms with van der Waals surface area (Å²) < 4.78 is 5.82. The van der Waals surface area contributed by atoms with Crippen LogP contribution in [-0.4, -0.2) is 19.3 Å². The van der Waals surface area contributed by atoms with Gasteiger partial charge in [0.05, 0.1) is 11.6 Å². The van der Waals surface area contributed by atoms with Gasteiger partial charge in [0.2, 0.25) is 0 Å². The van der Waals surface area contributed by atoms with E-state index in [2.05, 4.69) is 43.6 Å². The van der Waals surface area contributed by atoms with E-state index in [1.165, 1.54) is 4.88 Å². The molecule has 92 valence electrons. The summed E-state index contributed by atoms with van der Waals surface area (Å²) in [5.41, 5.74) is -0.0825. The predicted octanol–water partition coefficient (Wildman–Crippen LogP) is 3.60. The van der Waals surface area contributed by atoms with Gasteiger partial charge in [-0.15, -0.1) is 11.3 Å². The van der Waals surface area contributed by atoms with Crippen molar-refractivity contribution >= 4 is 11.3 Å². The zero-order chi connectivity index (χ0) is 12.0. The average Bonchev–Trinajstić information content (AvgIpc) is 2.84. The molecule has 2 nitrogen and oxygen atoms in total. The molecule has 16 heavy (non-hydrogen) atoms. The van der Waals surface area contributed by atoms with E-state index in [0.717, 1.165) is 19.4 Å². The molecule has 0 aliphatic carbocycles. The summed E-state index contributed by atoms with van der Waals surface area (Å²) in [7, 11) is 1.82. The van der Waals surface area contributed by atoms with E-state index >= 15 is 0 Å². The molecule has 0 saturated heterocycles. The minimum atomic E-state index is -0.0825. The van der Waals surface area contributed by atoms with Crippen molar-refractivity contribution in [2.24, 2.45) is 0 Å². The lowest BCUT2D eigenvalue weighted by atomic mass is 9.87. The number of thiophene rings is 1. The van der Waals surface area contributed by atoms with Gasteiger partial charge in [-0.05, 0) is 30.8 Å². The Bertz CT molecular complexity index is 272. The van der Waals surface area contributed by atoms with E-state index in [1.807, 2.05) is 7.11 Å². The van der Waals surface area contributed by atoms with Crippen LogP contribution in [0.5, 0.6) is 0 Å². The molecule has 0 saturated carbocycles. The van der Waals surface area contributed by atoms with Crippen molar-refractivity contribution in [1.29, 1.82) is 0 Å². The highest BCUT2D eigenvalue weighted by atomic mass is 32.1. The number of ether oxygens (including phenoxy) is 1. The lowest BCUT2D eigenvalue weighted by molar-refractivity contribution is -0.0473. The fourth-order valence-electron chi connectivity index (χ4n) is 2.27. The molecule has 0 bridgehead atoms. The third-order valence-corrected chi connectivity index (χ3v) is 4.30. The van der Waals surface area contributed by atoms with Crippen molar-refractivity contribution in [2.75, 3.05) is 13.7 Å². The Morgan fingerprint density at radius 2 is 2.06 bits per heavy atom. The summed E-state index contributed by atoms with van der Waals surface area (Å²) in [5, 5.41) is 5.69. The first kappa shape index (κ1) is 13.7. The minimum absolute atomic E-state index is 0.0825. The van der Waals surface area contributed by atoms with Crippen molar-refractivity contribution in [1.82, 2.24) is 5.32 Å². The first-order valence-corrected chi connectivity index (χ1v) is 6.94. The summed E-state index contributed by atoms with van der Waals surface area (Å²) in [4.78, 5) is 1.37. The third kappa shape index (κ3) is 2.65. The normalized spacial score (nSPS) is 14.0. The fourth-order valence-corrected chi connectivity index (χ4v) is 3.18. The number of likely N-dealkylation sites (N-methyl/N-ethyl adjacent to an activating group) is 1. The molecule has 1 aromatic heterocycles. The van der Waals surface area contributed by atoms with Gasteiger partial charge in [0.25, 0.3) is 0 Å². The second-order valence-corrected chi connectivity index (χ2v) is 4.96. The third-order valence-electron chi connectivity index (χ3n) is 3.37. The number of hydrogen-bond acceptors (Lipinski definition) is 3. The molecule has 1 aromatic rings. The number of nitrogens with one attached hydrogen (secondary N) is 1. The highest BCUT2D eigenvalue weighted by Gasteiger charge is 2.36. The molecule has 0 radical (unpaired) electrons. The standard InChI is InChI=1S/C13H23NOS/c1-5-13(6-2,15-4)12(14-7-3)11-9-8-10-16-11/h8-10,12,14H,5-7H2,1-4H3. The Balaban J connectivity index is 2.99. The van der Waals surface area contributed by atoms with E-state index in [4.69, 9.17) is 4.74 Å². The summed E-state index contributed by atoms with van der Waals surface area (Å²) in [6, 6.07) is 4.60. The average molecular weight is 241 g/mol. The van der Waals surface area contributed by atoms with Gasteiger partial charge in [0.1, 0.15) is 0 Å². The molecule has 0 amide bonds. The lowest BCUT2D eigenvalue weighted by Crippen LogP contribution is -2.44. The van der Waals surface area contributed by atoms with Crippen LogP contribution in [0.4, 0.5) is 0 Å². The van der Waals surface area contributed by atoms with Gasteiger partial charge >= 0.3 is 0 Å². The molecule has 1 heterocycles. The van der Waals surface area contributed by atoms with E-state index in [1.54, 1.807) is 11.3 Å². The Morgan fingerprint density at radius 3 is 2.44 bits per heavy atom. The maximum Gasteiger partial charge on any atom is 0.0875 e. The van der Waals surface area contributed by atoms with Crippen LogP contribution in [0.1, 0.15) is 44.5 Å². The molecule has 1 rings (SSSR count). The van der Waals surface area contributed by atoms with Crippen LogP contribution in [0.15, 0.2) is 17.5 Å². The molecule has 3 heteroatoms. The Morgan fingerprint density at radius 1 is 1.38 bits per heavy atom. The molecule has 0 spiro atoms. The second-order valence-electron chi connectivity index (χ2n) is 3.98. The molecular formula is C13H23NOS. The van der Waals surface area contributed by atoms with Crippen LogP contribution in [-0.2, 0) is 4.74 Å². The smallest absolute Gasteiger partial charge is 0.0875 e. The van der Waals surface area contributed by atoms with Crippen LogP contribution in [0.3, 0.4) is 0 Å². The molecule has 1 atom stereocenters. The topological polar surface area (TPSA) is 21.3 Å². The fraction of sp³-hybridized carbons (Fsp3) is 0.692. The zero-order valence-corrected chi connectivity index (χ0v) is 11.6. The Kier molecular flexibility index (Phi) is 5.46. The van der Waals surface area contributed by atoms with Crippen molar-refractivity contribution < 1.29 is 4.74 Å². The summed E-state index contributed by atoms with van der Waals surface area (Å²) in [6.07, 6.45) is 2.05. The zero-order valence-electron chi connectivity index (χ0n) is 10.7. The van der Waals surface area contributed by atoms with Crippen LogP contribution in [0.2, 0.25) is 0 Å². The molecule has 0 fully saturated rings. The highest BCUT2D eigenvalue weighted by molar-refractivity contribution is 7.10. The monoisotopic (exact) mass is 241 g/mol. The van der Waals surface area contributed by atoms with Gasteiger partial charge < -0.3 is 10.1 Å². The van der Waals surface area contributed by atoms with Gasteiger partial charge in [0.15, 0.2) is 0 Å². The first-order valence-electron chi connectivity index (χ1n) is 6.06. The van der Waals surface area contributed by atoms with Gasteiger partial charge in [-0.1, -0.05) is 26.8 Å². The van der Waals surface area contributed by atoms with Crippen LogP contribution < -0.4 is 5.32 Å². The Hall–Kier alpha value is -0.380. The molecule has 1 N–H and O–H groups in total. The van der Waals surface area contributed by atoms with Crippen LogP contribution >= 0.6 is 11.3 Å². The first-order chi connectivity index (χ1) is 7.74. The van der Waals surface area contributed by atoms with Gasteiger partial charge in [-0.2, -0.15) is 0 Å². The molecule has 1 unspecified atom stereocenters. The predicted molar refractivity (Wildman–Crippen MR) is 71.1 cm³/mol. The Labute approximate surface area is 103 Å². The number of hydrogen-bond donors (Lipinski definition) is 1. The lowest BCUT2D eigenvalue weighted by Gasteiger charge is -2.38. The van der Waals surface area contributed by atoms with Crippen LogP contribution in [0.25, 0.3) is 0 Å². The van der Waals surface area contributed by atoms with Crippen LogP contribution in [0, 0.1) is 0 Å². The van der Waals surface area contributed by atoms with E-state index < -0.39 is 0 Å². The van der Waals surface area contributed by atoms with E-state index in [0.29, 0.717) is 6.04 Å². The van der Waals surface area contributed by atoms with Crippen molar-refractivity contribution in [3.05, 3.63) is 22.4 Å². The molecule has 0 aromatic carbocycles. The second kappa shape index (κ2) is 6.38. The van der Waals surface area contributed by atoms with Crippen molar-refractivity contribution in [2.45, 2.75) is 45.3 Å². The van der Waals surface area contributed by atoms with Gasteiger partial charge in [-0.25, -0.2) is 0 Å².